The fourth-order valence-electron chi connectivity index (χ4n) is 2.44. The Morgan fingerprint density at radius 1 is 0.882 bits per heavy atom. The topological polar surface area (TPSA) is 110 Å². The molecule has 0 bridgehead atoms. The number of phosphoric ester groups is 1. The van der Waals surface area contributed by atoms with Gasteiger partial charge in [-0.25, -0.2) is 18.7 Å². The van der Waals surface area contributed by atoms with Gasteiger partial charge in [-0.1, -0.05) is 13.3 Å². The lowest BCUT2D eigenvalue weighted by Gasteiger charge is -2.31. The fourth-order valence-corrected chi connectivity index (χ4v) is 4.10. The smallest absolute Gasteiger partial charge is 0.458 e. The average molecular weight is 512 g/mol. The number of carbonyl (C=O) groups is 2. The van der Waals surface area contributed by atoms with Gasteiger partial charge in [-0.15, -0.1) is 0 Å². The third kappa shape index (κ3) is 15.7. The molecule has 0 rings (SSSR count). The van der Waals surface area contributed by atoms with E-state index < -0.39 is 49.5 Å². The van der Waals surface area contributed by atoms with E-state index in [4.69, 9.17) is 27.8 Å². The maximum absolute atomic E-state index is 13.1. The summed E-state index contributed by atoms with van der Waals surface area (Å²) in [6.07, 6.45) is 1.01. The summed E-state index contributed by atoms with van der Waals surface area (Å²) in [5, 5.41) is 0. The zero-order valence-electron chi connectivity index (χ0n) is 22.9. The van der Waals surface area contributed by atoms with Crippen molar-refractivity contribution >= 4 is 19.9 Å². The molecule has 34 heavy (non-hydrogen) atoms. The lowest BCUT2D eigenvalue weighted by atomic mass is 10.2. The molecule has 0 unspecified atom stereocenters. The number of nitrogens with zero attached hydrogens (tertiary/aromatic N) is 1. The first-order valence-electron chi connectivity index (χ1n) is 11.7. The highest BCUT2D eigenvalue weighted by Gasteiger charge is 2.38. The summed E-state index contributed by atoms with van der Waals surface area (Å²) in [5.74, 6) is -0.586. The van der Waals surface area contributed by atoms with E-state index in [0.29, 0.717) is 6.61 Å². The summed E-state index contributed by atoms with van der Waals surface area (Å²) >= 11 is 0. The van der Waals surface area contributed by atoms with Crippen LogP contribution in [0.5, 0.6) is 0 Å². The molecule has 0 aromatic carbocycles. The quantitative estimate of drug-likeness (QED) is 0.133. The highest BCUT2D eigenvalue weighted by Crippen LogP contribution is 2.55. The molecule has 1 amide bonds. The molecular formula is C23H46NO9P. The standard InChI is InChI=1S/C23H46NO9P/c1-12-13-15-28-16-14-24(18(2)19(25)31-21(3,4)5)20(26)29-17-30-34(27,32-22(6,7)8)33-23(9,10)11/h18H,12-17H2,1-11H3/t18-/m0/s1. The van der Waals surface area contributed by atoms with Gasteiger partial charge in [0.05, 0.1) is 17.8 Å². The van der Waals surface area contributed by atoms with Crippen LogP contribution in [-0.4, -0.2) is 66.4 Å². The maximum atomic E-state index is 13.1. The van der Waals surface area contributed by atoms with Crippen LogP contribution in [0.15, 0.2) is 0 Å². The van der Waals surface area contributed by atoms with Crippen LogP contribution in [0.25, 0.3) is 0 Å². The molecule has 0 spiro atoms. The molecule has 0 aliphatic rings. The minimum atomic E-state index is -4.07. The van der Waals surface area contributed by atoms with Crippen LogP contribution in [0.4, 0.5) is 4.79 Å². The molecule has 0 saturated heterocycles. The number of unbranched alkanes of at least 4 members (excludes halogenated alkanes) is 1. The van der Waals surface area contributed by atoms with Crippen LogP contribution in [0.2, 0.25) is 0 Å². The molecule has 10 nitrogen and oxygen atoms in total. The van der Waals surface area contributed by atoms with Gasteiger partial charge in [-0.2, -0.15) is 0 Å². The molecule has 0 heterocycles. The van der Waals surface area contributed by atoms with Crippen molar-refractivity contribution in [1.29, 1.82) is 0 Å². The van der Waals surface area contributed by atoms with Crippen molar-refractivity contribution in [2.24, 2.45) is 0 Å². The first-order valence-corrected chi connectivity index (χ1v) is 13.1. The molecule has 0 fully saturated rings. The minimum absolute atomic E-state index is 0.0948. The molecule has 0 N–H and O–H groups in total. The molecule has 0 aromatic rings. The Morgan fingerprint density at radius 3 is 1.85 bits per heavy atom. The van der Waals surface area contributed by atoms with Crippen LogP contribution in [-0.2, 0) is 37.1 Å². The van der Waals surface area contributed by atoms with Gasteiger partial charge in [0.25, 0.3) is 0 Å². The normalized spacial score (nSPS) is 14.0. The van der Waals surface area contributed by atoms with Crippen LogP contribution in [0, 0.1) is 0 Å². The zero-order chi connectivity index (χ0) is 26.8. The van der Waals surface area contributed by atoms with Crippen molar-refractivity contribution in [2.75, 3.05) is 26.6 Å². The highest BCUT2D eigenvalue weighted by atomic mass is 31.2. The zero-order valence-corrected chi connectivity index (χ0v) is 23.8. The largest absolute Gasteiger partial charge is 0.478 e. The average Bonchev–Trinajstić information content (AvgIpc) is 2.59. The predicted molar refractivity (Wildman–Crippen MR) is 129 cm³/mol. The van der Waals surface area contributed by atoms with Crippen LogP contribution < -0.4 is 0 Å². The van der Waals surface area contributed by atoms with E-state index in [1.807, 2.05) is 6.92 Å². The van der Waals surface area contributed by atoms with Crippen LogP contribution >= 0.6 is 7.82 Å². The number of amides is 1. The number of hydrogen-bond acceptors (Lipinski definition) is 9. The van der Waals surface area contributed by atoms with E-state index in [2.05, 4.69) is 0 Å². The summed E-state index contributed by atoms with van der Waals surface area (Å²) in [5.41, 5.74) is -2.39. The van der Waals surface area contributed by atoms with E-state index in [1.165, 1.54) is 4.90 Å². The Kier molecular flexibility index (Phi) is 13.3. The first-order chi connectivity index (χ1) is 15.3. The second-order valence-corrected chi connectivity index (χ2v) is 12.4. The molecule has 0 aromatic heterocycles. The number of esters is 1. The van der Waals surface area contributed by atoms with Crippen molar-refractivity contribution in [3.05, 3.63) is 0 Å². The summed E-state index contributed by atoms with van der Waals surface area (Å²) in [7, 11) is -4.07. The minimum Gasteiger partial charge on any atom is -0.458 e. The predicted octanol–water partition coefficient (Wildman–Crippen LogP) is 5.68. The summed E-state index contributed by atoms with van der Waals surface area (Å²) in [6.45, 7) is 19.1. The molecule has 202 valence electrons. The molecule has 11 heteroatoms. The number of rotatable bonds is 13. The van der Waals surface area contributed by atoms with Crippen LogP contribution in [0.3, 0.4) is 0 Å². The van der Waals surface area contributed by atoms with Gasteiger partial charge in [0, 0.05) is 13.2 Å². The van der Waals surface area contributed by atoms with Crippen molar-refractivity contribution in [3.8, 4) is 0 Å². The van der Waals surface area contributed by atoms with Gasteiger partial charge in [-0.3, -0.25) is 13.9 Å². The van der Waals surface area contributed by atoms with E-state index in [-0.39, 0.29) is 13.2 Å². The number of ether oxygens (including phenoxy) is 3. The van der Waals surface area contributed by atoms with E-state index in [9.17, 15) is 14.2 Å². The lowest BCUT2D eigenvalue weighted by Crippen LogP contribution is -2.47. The lowest BCUT2D eigenvalue weighted by molar-refractivity contribution is -0.160. The Labute approximate surface area is 205 Å². The highest BCUT2D eigenvalue weighted by molar-refractivity contribution is 7.48. The van der Waals surface area contributed by atoms with Gasteiger partial charge in [-0.05, 0) is 75.7 Å². The Bertz CT molecular complexity index is 657. The second-order valence-electron chi connectivity index (χ2n) is 10.9. The molecular weight excluding hydrogens is 465 g/mol. The number of carbonyl (C=O) groups excluding carboxylic acids is 2. The van der Waals surface area contributed by atoms with Crippen molar-refractivity contribution in [2.45, 2.75) is 112 Å². The fraction of sp³-hybridized carbons (Fsp3) is 0.913. The van der Waals surface area contributed by atoms with Crippen molar-refractivity contribution in [1.82, 2.24) is 4.90 Å². The maximum Gasteiger partial charge on any atom is 0.478 e. The van der Waals surface area contributed by atoms with Gasteiger partial charge in [0.15, 0.2) is 0 Å². The number of phosphoric acid groups is 1. The Morgan fingerprint density at radius 2 is 1.41 bits per heavy atom. The van der Waals surface area contributed by atoms with Gasteiger partial charge >= 0.3 is 19.9 Å². The van der Waals surface area contributed by atoms with Gasteiger partial charge in [0.2, 0.25) is 6.79 Å². The number of hydrogen-bond donors (Lipinski definition) is 0. The molecule has 0 aliphatic heterocycles. The van der Waals surface area contributed by atoms with Gasteiger partial charge < -0.3 is 14.2 Å². The summed E-state index contributed by atoms with van der Waals surface area (Å²) in [6, 6.07) is -0.940. The van der Waals surface area contributed by atoms with Crippen molar-refractivity contribution in [3.63, 3.8) is 0 Å². The molecule has 0 saturated carbocycles. The Hall–Kier alpha value is -1.19. The van der Waals surface area contributed by atoms with Gasteiger partial charge in [0.1, 0.15) is 11.6 Å². The first kappa shape index (κ1) is 32.8. The monoisotopic (exact) mass is 511 g/mol. The molecule has 1 atom stereocenters. The SMILES string of the molecule is CCCCOCCN(C(=O)OCOP(=O)(OC(C)(C)C)OC(C)(C)C)[C@@H](C)C(=O)OC(C)(C)C. The summed E-state index contributed by atoms with van der Waals surface area (Å²) in [4.78, 5) is 26.6. The third-order valence-corrected chi connectivity index (χ3v) is 5.70. The van der Waals surface area contributed by atoms with E-state index >= 15 is 0 Å². The molecule has 0 aliphatic carbocycles. The van der Waals surface area contributed by atoms with Crippen LogP contribution in [0.1, 0.15) is 89.0 Å². The second kappa shape index (κ2) is 13.8. The van der Waals surface area contributed by atoms with Crippen molar-refractivity contribution < 1.29 is 41.9 Å². The molecule has 0 radical (unpaired) electrons. The van der Waals surface area contributed by atoms with E-state index in [0.717, 1.165) is 12.8 Å². The summed E-state index contributed by atoms with van der Waals surface area (Å²) < 4.78 is 45.5. The third-order valence-electron chi connectivity index (χ3n) is 3.73. The Balaban J connectivity index is 5.30. The van der Waals surface area contributed by atoms with E-state index in [1.54, 1.807) is 69.2 Å².